The third kappa shape index (κ3) is 7.08. The normalized spacial score (nSPS) is 15.4. The lowest BCUT2D eigenvalue weighted by Gasteiger charge is -2.31. The lowest BCUT2D eigenvalue weighted by atomic mass is 10.2. The zero-order valence-electron chi connectivity index (χ0n) is 21.7. The van der Waals surface area contributed by atoms with Crippen molar-refractivity contribution in [2.75, 3.05) is 45.1 Å². The van der Waals surface area contributed by atoms with Crippen molar-refractivity contribution >= 4 is 31.6 Å². The Labute approximate surface area is 229 Å². The number of sulfonamides is 2. The fraction of sp³-hybridized carbons (Fsp3) is 0.296. The molecule has 0 unspecified atom stereocenters. The van der Waals surface area contributed by atoms with Crippen LogP contribution in [0.3, 0.4) is 0 Å². The summed E-state index contributed by atoms with van der Waals surface area (Å²) in [6.07, 6.45) is 0. The van der Waals surface area contributed by atoms with Crippen molar-refractivity contribution < 1.29 is 26.0 Å². The summed E-state index contributed by atoms with van der Waals surface area (Å²) in [6, 6.07) is 17.4. The van der Waals surface area contributed by atoms with E-state index in [0.29, 0.717) is 37.4 Å². The van der Waals surface area contributed by atoms with Gasteiger partial charge in [-0.15, -0.1) is 0 Å². The standard InChI is InChI=1S/C27H31FN4O5S2/c1-21-3-11-25(12-4-21)39(36,37)32(19-22-5-7-23(28)8-6-22)20-27(33)29-24-9-13-26(14-10-24)38(34,35)31-17-15-30(2)16-18-31/h3-14H,15-20H2,1-2H3,(H,29,33). The average molecular weight is 575 g/mol. The first kappa shape index (κ1) is 28.8. The van der Waals surface area contributed by atoms with Crippen LogP contribution in [-0.4, -0.2) is 76.0 Å². The van der Waals surface area contributed by atoms with E-state index in [0.717, 1.165) is 9.87 Å². The summed E-state index contributed by atoms with van der Waals surface area (Å²) in [5.41, 5.74) is 1.72. The molecule has 3 aromatic rings. The van der Waals surface area contributed by atoms with E-state index in [4.69, 9.17) is 0 Å². The molecule has 1 N–H and O–H groups in total. The number of halogens is 1. The van der Waals surface area contributed by atoms with Crippen molar-refractivity contribution in [3.05, 3.63) is 89.7 Å². The highest BCUT2D eigenvalue weighted by Gasteiger charge is 2.29. The van der Waals surface area contributed by atoms with Gasteiger partial charge >= 0.3 is 0 Å². The van der Waals surface area contributed by atoms with Gasteiger partial charge in [-0.2, -0.15) is 8.61 Å². The van der Waals surface area contributed by atoms with Gasteiger partial charge in [-0.25, -0.2) is 21.2 Å². The molecule has 0 radical (unpaired) electrons. The van der Waals surface area contributed by atoms with E-state index in [2.05, 4.69) is 10.2 Å². The first-order valence-corrected chi connectivity index (χ1v) is 15.2. The Morgan fingerprint density at radius 2 is 1.41 bits per heavy atom. The first-order chi connectivity index (χ1) is 18.4. The van der Waals surface area contributed by atoms with Crippen LogP contribution in [0.4, 0.5) is 10.1 Å². The van der Waals surface area contributed by atoms with Crippen LogP contribution >= 0.6 is 0 Å². The van der Waals surface area contributed by atoms with Gasteiger partial charge < -0.3 is 10.2 Å². The van der Waals surface area contributed by atoms with Crippen LogP contribution in [0.25, 0.3) is 0 Å². The van der Waals surface area contributed by atoms with E-state index in [-0.39, 0.29) is 16.3 Å². The molecule has 0 bridgehead atoms. The predicted octanol–water partition coefficient (Wildman–Crippen LogP) is 2.90. The third-order valence-corrected chi connectivity index (χ3v) is 10.2. The minimum Gasteiger partial charge on any atom is -0.325 e. The summed E-state index contributed by atoms with van der Waals surface area (Å²) in [5.74, 6) is -1.06. The molecule has 12 heteroatoms. The SMILES string of the molecule is Cc1ccc(S(=O)(=O)N(CC(=O)Nc2ccc(S(=O)(=O)N3CCN(C)CC3)cc2)Cc2ccc(F)cc2)cc1. The number of hydrogen-bond donors (Lipinski definition) is 1. The van der Waals surface area contributed by atoms with Crippen LogP contribution in [-0.2, 0) is 31.4 Å². The van der Waals surface area contributed by atoms with Crippen molar-refractivity contribution in [1.82, 2.24) is 13.5 Å². The summed E-state index contributed by atoms with van der Waals surface area (Å²) >= 11 is 0. The molecule has 0 aliphatic carbocycles. The number of nitrogens with zero attached hydrogens (tertiary/aromatic N) is 3. The van der Waals surface area contributed by atoms with Crippen molar-refractivity contribution in [3.8, 4) is 0 Å². The number of piperazine rings is 1. The summed E-state index contributed by atoms with van der Waals surface area (Å²) in [4.78, 5) is 15.2. The molecule has 1 saturated heterocycles. The molecule has 39 heavy (non-hydrogen) atoms. The Morgan fingerprint density at radius 3 is 2.00 bits per heavy atom. The molecule has 1 amide bonds. The summed E-state index contributed by atoms with van der Waals surface area (Å²) in [6.45, 7) is 3.27. The number of likely N-dealkylation sites (N-methyl/N-ethyl adjacent to an activating group) is 1. The van der Waals surface area contributed by atoms with Crippen molar-refractivity contribution in [1.29, 1.82) is 0 Å². The third-order valence-electron chi connectivity index (χ3n) is 6.49. The van der Waals surface area contributed by atoms with Gasteiger partial charge in [0.1, 0.15) is 5.82 Å². The monoisotopic (exact) mass is 574 g/mol. The Morgan fingerprint density at radius 1 is 0.846 bits per heavy atom. The highest BCUT2D eigenvalue weighted by Crippen LogP contribution is 2.22. The van der Waals surface area contributed by atoms with Gasteiger partial charge in [0.15, 0.2) is 0 Å². The van der Waals surface area contributed by atoms with Crippen LogP contribution in [0.1, 0.15) is 11.1 Å². The first-order valence-electron chi connectivity index (χ1n) is 12.3. The summed E-state index contributed by atoms with van der Waals surface area (Å²) in [5, 5.41) is 2.64. The van der Waals surface area contributed by atoms with Gasteiger partial charge in [0.25, 0.3) is 0 Å². The maximum atomic E-state index is 13.4. The largest absolute Gasteiger partial charge is 0.325 e. The number of amides is 1. The molecule has 3 aromatic carbocycles. The van der Waals surface area contributed by atoms with Crippen molar-refractivity contribution in [2.24, 2.45) is 0 Å². The second kappa shape index (κ2) is 11.9. The van der Waals surface area contributed by atoms with Gasteiger partial charge in [0.2, 0.25) is 26.0 Å². The summed E-state index contributed by atoms with van der Waals surface area (Å²) in [7, 11) is -5.79. The van der Waals surface area contributed by atoms with E-state index < -0.39 is 38.3 Å². The quantitative estimate of drug-likeness (QED) is 0.421. The fourth-order valence-electron chi connectivity index (χ4n) is 4.13. The van der Waals surface area contributed by atoms with Gasteiger partial charge in [-0.1, -0.05) is 29.8 Å². The van der Waals surface area contributed by atoms with Crippen LogP contribution < -0.4 is 5.32 Å². The molecular formula is C27H31FN4O5S2. The Hall–Kier alpha value is -3.16. The van der Waals surface area contributed by atoms with Crippen molar-refractivity contribution in [2.45, 2.75) is 23.3 Å². The molecular weight excluding hydrogens is 543 g/mol. The molecule has 1 fully saturated rings. The molecule has 0 spiro atoms. The number of anilines is 1. The highest BCUT2D eigenvalue weighted by molar-refractivity contribution is 7.89. The van der Waals surface area contributed by atoms with E-state index >= 15 is 0 Å². The number of aryl methyl sites for hydroxylation is 1. The zero-order chi connectivity index (χ0) is 28.2. The molecule has 1 aliphatic rings. The van der Waals surface area contributed by atoms with E-state index in [1.807, 2.05) is 14.0 Å². The Kier molecular flexibility index (Phi) is 8.82. The van der Waals surface area contributed by atoms with Crippen molar-refractivity contribution in [3.63, 3.8) is 0 Å². The van der Waals surface area contributed by atoms with Crippen LogP contribution in [0.2, 0.25) is 0 Å². The molecule has 4 rings (SSSR count). The van der Waals surface area contributed by atoms with Crippen LogP contribution in [0, 0.1) is 12.7 Å². The summed E-state index contributed by atoms with van der Waals surface area (Å²) < 4.78 is 68.6. The smallest absolute Gasteiger partial charge is 0.243 e. The predicted molar refractivity (Wildman–Crippen MR) is 147 cm³/mol. The molecule has 1 aliphatic heterocycles. The van der Waals surface area contributed by atoms with Crippen LogP contribution in [0.15, 0.2) is 82.6 Å². The lowest BCUT2D eigenvalue weighted by molar-refractivity contribution is -0.116. The molecule has 1 heterocycles. The number of carbonyl (C=O) groups excluding carboxylic acids is 1. The van der Waals surface area contributed by atoms with E-state index in [1.54, 1.807) is 12.1 Å². The number of benzene rings is 3. The van der Waals surface area contributed by atoms with E-state index in [9.17, 15) is 26.0 Å². The minimum absolute atomic E-state index is 0.0291. The molecule has 0 aromatic heterocycles. The topological polar surface area (TPSA) is 107 Å². The molecule has 208 valence electrons. The minimum atomic E-state index is -4.07. The van der Waals surface area contributed by atoms with Crippen LogP contribution in [0.5, 0.6) is 0 Å². The number of carbonyl (C=O) groups is 1. The maximum Gasteiger partial charge on any atom is 0.243 e. The highest BCUT2D eigenvalue weighted by atomic mass is 32.2. The van der Waals surface area contributed by atoms with Gasteiger partial charge in [-0.05, 0) is 68.1 Å². The second-order valence-corrected chi connectivity index (χ2v) is 13.4. The van der Waals surface area contributed by atoms with E-state index in [1.165, 1.54) is 65.0 Å². The zero-order valence-corrected chi connectivity index (χ0v) is 23.4. The maximum absolute atomic E-state index is 13.4. The lowest BCUT2D eigenvalue weighted by Crippen LogP contribution is -2.46. The second-order valence-electron chi connectivity index (χ2n) is 9.49. The number of nitrogens with one attached hydrogen (secondary N) is 1. The fourth-order valence-corrected chi connectivity index (χ4v) is 6.93. The Balaban J connectivity index is 1.49. The molecule has 9 nitrogen and oxygen atoms in total. The Bertz CT molecular complexity index is 1500. The number of rotatable bonds is 9. The van der Waals surface area contributed by atoms with Gasteiger partial charge in [-0.3, -0.25) is 4.79 Å². The number of hydrogen-bond acceptors (Lipinski definition) is 6. The average Bonchev–Trinajstić information content (AvgIpc) is 2.90. The molecule has 0 atom stereocenters. The van der Waals surface area contributed by atoms with Gasteiger partial charge in [0.05, 0.1) is 16.3 Å². The molecule has 0 saturated carbocycles. The van der Waals surface area contributed by atoms with Gasteiger partial charge in [0, 0.05) is 38.4 Å².